The smallest absolute Gasteiger partial charge is 0.214 e. The lowest BCUT2D eigenvalue weighted by molar-refractivity contribution is 0.157. The maximum atomic E-state index is 11.9. The van der Waals surface area contributed by atoms with Crippen molar-refractivity contribution in [2.45, 2.75) is 13.0 Å². The van der Waals surface area contributed by atoms with Crippen molar-refractivity contribution in [3.63, 3.8) is 0 Å². The predicted molar refractivity (Wildman–Crippen MR) is 76.0 cm³/mol. The Morgan fingerprint density at radius 2 is 2.10 bits per heavy atom. The maximum absolute atomic E-state index is 11.9. The molecule has 2 rings (SSSR count). The Kier molecular flexibility index (Phi) is 4.26. The summed E-state index contributed by atoms with van der Waals surface area (Å²) in [4.78, 5) is 10.3. The van der Waals surface area contributed by atoms with Gasteiger partial charge in [0.25, 0.3) is 0 Å². The van der Waals surface area contributed by atoms with E-state index in [9.17, 15) is 13.5 Å². The van der Waals surface area contributed by atoms with E-state index in [1.807, 2.05) is 11.8 Å². The van der Waals surface area contributed by atoms with Crippen LogP contribution in [0.3, 0.4) is 0 Å². The van der Waals surface area contributed by atoms with Crippen LogP contribution in [-0.2, 0) is 10.0 Å². The van der Waals surface area contributed by atoms with Crippen LogP contribution in [0.25, 0.3) is 0 Å². The summed E-state index contributed by atoms with van der Waals surface area (Å²) in [6, 6.07) is 0. The highest BCUT2D eigenvalue weighted by Gasteiger charge is 2.35. The van der Waals surface area contributed by atoms with E-state index in [0.29, 0.717) is 18.9 Å². The Bertz CT molecular complexity index is 576. The van der Waals surface area contributed by atoms with Gasteiger partial charge in [-0.25, -0.2) is 17.7 Å². The number of nitrogens with zero attached hydrogens (tertiary/aromatic N) is 4. The fourth-order valence-electron chi connectivity index (χ4n) is 2.23. The summed E-state index contributed by atoms with van der Waals surface area (Å²) < 4.78 is 25.0. The minimum atomic E-state index is -3.32. The fourth-order valence-corrected chi connectivity index (χ4v) is 3.39. The Labute approximate surface area is 119 Å². The van der Waals surface area contributed by atoms with Gasteiger partial charge in [-0.15, -0.1) is 0 Å². The quantitative estimate of drug-likeness (QED) is 0.805. The van der Waals surface area contributed by atoms with Crippen LogP contribution < -0.4 is 4.90 Å². The molecular formula is C12H20N4O3S. The highest BCUT2D eigenvalue weighted by atomic mass is 32.2. The number of rotatable bonds is 4. The van der Waals surface area contributed by atoms with Crippen LogP contribution in [0.15, 0.2) is 12.4 Å². The third kappa shape index (κ3) is 3.25. The molecule has 0 bridgehead atoms. The number of hydrogen-bond donors (Lipinski definition) is 1. The highest BCUT2D eigenvalue weighted by Crippen LogP contribution is 2.23. The largest absolute Gasteiger partial charge is 0.391 e. The van der Waals surface area contributed by atoms with Crippen molar-refractivity contribution in [2.24, 2.45) is 5.92 Å². The van der Waals surface area contributed by atoms with Gasteiger partial charge in [0.15, 0.2) is 0 Å². The van der Waals surface area contributed by atoms with Crippen LogP contribution in [0.5, 0.6) is 0 Å². The maximum Gasteiger partial charge on any atom is 0.214 e. The van der Waals surface area contributed by atoms with Gasteiger partial charge in [0.05, 0.1) is 23.7 Å². The molecule has 1 aromatic rings. The second kappa shape index (κ2) is 5.63. The highest BCUT2D eigenvalue weighted by molar-refractivity contribution is 7.89. The lowest BCUT2D eigenvalue weighted by Gasteiger charge is -2.18. The van der Waals surface area contributed by atoms with Crippen molar-refractivity contribution in [3.8, 4) is 0 Å². The summed E-state index contributed by atoms with van der Waals surface area (Å²) in [5.41, 5.74) is 0.793. The van der Waals surface area contributed by atoms with Gasteiger partial charge in [0.2, 0.25) is 10.0 Å². The summed E-state index contributed by atoms with van der Waals surface area (Å²) in [6.07, 6.45) is 2.61. The predicted octanol–water partition coefficient (Wildman–Crippen LogP) is -0.526. The number of aliphatic hydroxyl groups excluding tert-OH is 1. The van der Waals surface area contributed by atoms with Crippen LogP contribution in [0, 0.1) is 12.8 Å². The number of anilines is 1. The molecule has 0 aromatic carbocycles. The van der Waals surface area contributed by atoms with Crippen molar-refractivity contribution in [3.05, 3.63) is 18.1 Å². The monoisotopic (exact) mass is 300 g/mol. The second-order valence-corrected chi connectivity index (χ2v) is 7.54. The second-order valence-electron chi connectivity index (χ2n) is 5.31. The minimum Gasteiger partial charge on any atom is -0.391 e. The summed E-state index contributed by atoms with van der Waals surface area (Å²) >= 11 is 0. The number of sulfonamides is 1. The zero-order valence-corrected chi connectivity index (χ0v) is 12.7. The average Bonchev–Trinajstić information content (AvgIpc) is 2.70. The van der Waals surface area contributed by atoms with Gasteiger partial charge >= 0.3 is 0 Å². The molecule has 20 heavy (non-hydrogen) atoms. The first-order valence-electron chi connectivity index (χ1n) is 6.41. The van der Waals surface area contributed by atoms with Crippen LogP contribution in [0.4, 0.5) is 5.82 Å². The van der Waals surface area contributed by atoms with Crippen LogP contribution in [0.2, 0.25) is 0 Å². The van der Waals surface area contributed by atoms with Gasteiger partial charge in [0.1, 0.15) is 5.82 Å². The van der Waals surface area contributed by atoms with E-state index >= 15 is 0 Å². The molecule has 8 heteroatoms. The lowest BCUT2D eigenvalue weighted by Crippen LogP contribution is -2.33. The molecule has 112 valence electrons. The topological polar surface area (TPSA) is 86.6 Å². The molecule has 2 heterocycles. The van der Waals surface area contributed by atoms with Crippen molar-refractivity contribution in [2.75, 3.05) is 37.8 Å². The Morgan fingerprint density at radius 1 is 1.40 bits per heavy atom. The molecule has 0 saturated carbocycles. The van der Waals surface area contributed by atoms with E-state index in [1.54, 1.807) is 12.4 Å². The standard InChI is InChI=1S/C12H20N4O3S/c1-9-4-13-5-12(14-9)16-6-10(11(17)7-16)8-20(18,19)15(2)3/h4-5,10-11,17H,6-8H2,1-3H3/t10-,11+/m0/s1. The van der Waals surface area contributed by atoms with Gasteiger partial charge in [-0.2, -0.15) is 0 Å². The number of hydrogen-bond acceptors (Lipinski definition) is 6. The zero-order valence-electron chi connectivity index (χ0n) is 11.9. The SMILES string of the molecule is Cc1cncc(N2C[C@@H](CS(=O)(=O)N(C)C)[C@H](O)C2)n1. The molecule has 1 aromatic heterocycles. The van der Waals surface area contributed by atoms with Crippen molar-refractivity contribution in [1.29, 1.82) is 0 Å². The van der Waals surface area contributed by atoms with Gasteiger partial charge < -0.3 is 10.0 Å². The first-order valence-corrected chi connectivity index (χ1v) is 8.02. The van der Waals surface area contributed by atoms with Crippen LogP contribution in [-0.4, -0.2) is 66.8 Å². The molecule has 0 amide bonds. The number of aromatic nitrogens is 2. The van der Waals surface area contributed by atoms with E-state index in [1.165, 1.54) is 18.4 Å². The molecule has 0 aliphatic carbocycles. The Hall–Kier alpha value is -1.25. The molecule has 1 aliphatic heterocycles. The molecule has 2 atom stereocenters. The molecule has 1 aliphatic rings. The number of aryl methyl sites for hydroxylation is 1. The minimum absolute atomic E-state index is 0.0586. The van der Waals surface area contributed by atoms with Crippen molar-refractivity contribution in [1.82, 2.24) is 14.3 Å². The summed E-state index contributed by atoms with van der Waals surface area (Å²) in [7, 11) is -0.317. The van der Waals surface area contributed by atoms with Gasteiger partial charge in [-0.3, -0.25) is 4.98 Å². The Morgan fingerprint density at radius 3 is 2.70 bits per heavy atom. The van der Waals surface area contributed by atoms with E-state index in [4.69, 9.17) is 0 Å². The Balaban J connectivity index is 2.10. The lowest BCUT2D eigenvalue weighted by atomic mass is 10.1. The fraction of sp³-hybridized carbons (Fsp3) is 0.667. The van der Waals surface area contributed by atoms with Crippen LogP contribution >= 0.6 is 0 Å². The van der Waals surface area contributed by atoms with E-state index < -0.39 is 16.1 Å². The molecule has 0 radical (unpaired) electrons. The summed E-state index contributed by atoms with van der Waals surface area (Å²) in [5.74, 6) is 0.301. The molecule has 0 unspecified atom stereocenters. The first-order chi connectivity index (χ1) is 9.29. The third-order valence-electron chi connectivity index (χ3n) is 3.45. The summed E-state index contributed by atoms with van der Waals surface area (Å²) in [6.45, 7) is 2.69. The molecular weight excluding hydrogens is 280 g/mol. The number of aliphatic hydroxyl groups is 1. The van der Waals surface area contributed by atoms with E-state index in [0.717, 1.165) is 5.69 Å². The van der Waals surface area contributed by atoms with Gasteiger partial charge in [-0.1, -0.05) is 0 Å². The molecule has 0 spiro atoms. The van der Waals surface area contributed by atoms with E-state index in [2.05, 4.69) is 9.97 Å². The molecule has 1 fully saturated rings. The van der Waals surface area contributed by atoms with Gasteiger partial charge in [-0.05, 0) is 6.92 Å². The molecule has 1 saturated heterocycles. The molecule has 1 N–H and O–H groups in total. The van der Waals surface area contributed by atoms with Crippen LogP contribution in [0.1, 0.15) is 5.69 Å². The van der Waals surface area contributed by atoms with Crippen molar-refractivity contribution >= 4 is 15.8 Å². The first kappa shape index (κ1) is 15.1. The van der Waals surface area contributed by atoms with Crippen molar-refractivity contribution < 1.29 is 13.5 Å². The normalized spacial score (nSPS) is 23.6. The zero-order chi connectivity index (χ0) is 14.9. The van der Waals surface area contributed by atoms with E-state index in [-0.39, 0.29) is 11.7 Å². The van der Waals surface area contributed by atoms with Gasteiger partial charge in [0, 0.05) is 39.3 Å². The average molecular weight is 300 g/mol. The summed E-state index contributed by atoms with van der Waals surface area (Å²) in [5, 5.41) is 10.1. The third-order valence-corrected chi connectivity index (χ3v) is 5.42. The number of β-amino-alcohol motifs (C(OH)–C–C–N with tert-alkyl or cyclic N) is 1. The molecule has 7 nitrogen and oxygen atoms in total.